The molecule has 0 aliphatic rings. The van der Waals surface area contributed by atoms with E-state index in [4.69, 9.17) is 0 Å². The summed E-state index contributed by atoms with van der Waals surface area (Å²) in [6.07, 6.45) is 3.55. The van der Waals surface area contributed by atoms with Crippen LogP contribution in [0, 0.1) is 13.8 Å². The number of aromatic nitrogens is 4. The van der Waals surface area contributed by atoms with E-state index >= 15 is 0 Å². The lowest BCUT2D eigenvalue weighted by molar-refractivity contribution is 0.0787. The second kappa shape index (κ2) is 4.95. The quantitative estimate of drug-likeness (QED) is 0.743. The first-order valence-corrected chi connectivity index (χ1v) is 7.62. The van der Waals surface area contributed by atoms with E-state index in [-0.39, 0.29) is 5.91 Å². The van der Waals surface area contributed by atoms with Crippen molar-refractivity contribution in [1.82, 2.24) is 23.9 Å². The van der Waals surface area contributed by atoms with Crippen LogP contribution in [-0.2, 0) is 6.54 Å². The lowest BCUT2D eigenvalue weighted by atomic mass is 10.3. The molecule has 0 aromatic carbocycles. The molecule has 0 N–H and O–H groups in total. The highest BCUT2D eigenvalue weighted by Crippen LogP contribution is 2.22. The summed E-state index contributed by atoms with van der Waals surface area (Å²) in [5, 5.41) is 3.70. The lowest BCUT2D eigenvalue weighted by Gasteiger charge is -2.15. The smallest absolute Gasteiger partial charge is 0.267 e. The van der Waals surface area contributed by atoms with Gasteiger partial charge in [0.1, 0.15) is 4.88 Å². The largest absolute Gasteiger partial charge is 0.335 e. The molecule has 0 unspecified atom stereocenters. The Hall–Kier alpha value is -1.80. The third-order valence-corrected chi connectivity index (χ3v) is 4.60. The lowest BCUT2D eigenvalue weighted by Crippen LogP contribution is -2.26. The van der Waals surface area contributed by atoms with Crippen LogP contribution in [0.5, 0.6) is 0 Å². The van der Waals surface area contributed by atoms with Crippen molar-refractivity contribution in [3.8, 4) is 0 Å². The van der Waals surface area contributed by atoms with Crippen molar-refractivity contribution >= 4 is 33.7 Å². The molecular weight excluding hydrogens is 294 g/mol. The average Bonchev–Trinajstić information content (AvgIpc) is 3.08. The monoisotopic (exact) mass is 307 g/mol. The van der Waals surface area contributed by atoms with Crippen LogP contribution >= 0.6 is 22.9 Å². The van der Waals surface area contributed by atoms with Crippen molar-refractivity contribution in [3.63, 3.8) is 0 Å². The van der Waals surface area contributed by atoms with Crippen molar-refractivity contribution in [2.45, 2.75) is 20.4 Å². The molecule has 8 heteroatoms. The van der Waals surface area contributed by atoms with Gasteiger partial charge in [-0.2, -0.15) is 0 Å². The van der Waals surface area contributed by atoms with Gasteiger partial charge >= 0.3 is 0 Å². The van der Waals surface area contributed by atoms with Gasteiger partial charge in [0.25, 0.3) is 5.91 Å². The molecule has 0 radical (unpaired) electrons. The van der Waals surface area contributed by atoms with Gasteiger partial charge in [0.05, 0.1) is 24.1 Å². The Morgan fingerprint density at radius 3 is 2.95 bits per heavy atom. The predicted octanol–water partition coefficient (Wildman–Crippen LogP) is 2.14. The maximum atomic E-state index is 12.2. The molecule has 1 amide bonds. The minimum Gasteiger partial charge on any atom is -0.335 e. The molecular formula is C12H13N5OS2. The zero-order valence-electron chi connectivity index (χ0n) is 11.3. The molecule has 6 nitrogen and oxygen atoms in total. The van der Waals surface area contributed by atoms with E-state index in [0.29, 0.717) is 11.4 Å². The van der Waals surface area contributed by atoms with Gasteiger partial charge in [0, 0.05) is 18.1 Å². The van der Waals surface area contributed by atoms with Crippen LogP contribution in [0.25, 0.3) is 4.96 Å². The molecule has 0 fully saturated rings. The van der Waals surface area contributed by atoms with Gasteiger partial charge in [-0.1, -0.05) is 4.49 Å². The summed E-state index contributed by atoms with van der Waals surface area (Å²) in [7, 11) is 1.78. The number of fused-ring (bicyclic) bond motifs is 1. The molecule has 3 aromatic rings. The van der Waals surface area contributed by atoms with Crippen LogP contribution in [-0.4, -0.2) is 36.8 Å². The number of thiazole rings is 1. The maximum Gasteiger partial charge on any atom is 0.267 e. The van der Waals surface area contributed by atoms with Gasteiger partial charge < -0.3 is 4.90 Å². The standard InChI is InChI=1S/C12H13N5OS2/c1-7-5-17-9(8(2)14-12(17)19-7)6-16(3)11(18)10-4-13-15-20-10/h4-5H,6H2,1-3H3. The van der Waals surface area contributed by atoms with Gasteiger partial charge in [0.2, 0.25) is 0 Å². The van der Waals surface area contributed by atoms with E-state index in [2.05, 4.69) is 32.1 Å². The highest BCUT2D eigenvalue weighted by atomic mass is 32.1. The molecule has 3 rings (SSSR count). The summed E-state index contributed by atoms with van der Waals surface area (Å²) in [6.45, 7) is 4.53. The number of hydrogen-bond acceptors (Lipinski definition) is 6. The number of aryl methyl sites for hydroxylation is 2. The van der Waals surface area contributed by atoms with Gasteiger partial charge in [-0.15, -0.1) is 16.4 Å². The summed E-state index contributed by atoms with van der Waals surface area (Å²) in [5.41, 5.74) is 2.00. The highest BCUT2D eigenvalue weighted by Gasteiger charge is 2.18. The molecule has 20 heavy (non-hydrogen) atoms. The van der Waals surface area contributed by atoms with Crippen molar-refractivity contribution in [3.05, 3.63) is 33.5 Å². The van der Waals surface area contributed by atoms with Crippen LogP contribution in [0.3, 0.4) is 0 Å². The van der Waals surface area contributed by atoms with E-state index in [1.165, 1.54) is 11.1 Å². The Morgan fingerprint density at radius 2 is 2.25 bits per heavy atom. The Labute approximate surface area is 123 Å². The maximum absolute atomic E-state index is 12.2. The summed E-state index contributed by atoms with van der Waals surface area (Å²) >= 11 is 2.76. The number of amides is 1. The van der Waals surface area contributed by atoms with Crippen molar-refractivity contribution in [1.29, 1.82) is 0 Å². The highest BCUT2D eigenvalue weighted by molar-refractivity contribution is 7.17. The first kappa shape index (κ1) is 13.2. The first-order valence-electron chi connectivity index (χ1n) is 6.03. The predicted molar refractivity (Wildman–Crippen MR) is 78.2 cm³/mol. The number of rotatable bonds is 3. The fourth-order valence-electron chi connectivity index (χ4n) is 2.05. The second-order valence-electron chi connectivity index (χ2n) is 4.58. The molecule has 0 aliphatic carbocycles. The summed E-state index contributed by atoms with van der Waals surface area (Å²) in [5.74, 6) is -0.0682. The zero-order chi connectivity index (χ0) is 14.3. The number of carbonyl (C=O) groups is 1. The van der Waals surface area contributed by atoms with Crippen molar-refractivity contribution < 1.29 is 4.79 Å². The zero-order valence-corrected chi connectivity index (χ0v) is 13.0. The third kappa shape index (κ3) is 2.20. The molecule has 3 aromatic heterocycles. The average molecular weight is 307 g/mol. The fourth-order valence-corrected chi connectivity index (χ4v) is 3.45. The normalized spacial score (nSPS) is 11.2. The van der Waals surface area contributed by atoms with Gasteiger partial charge in [-0.3, -0.25) is 9.20 Å². The summed E-state index contributed by atoms with van der Waals surface area (Å²) in [4.78, 5) is 21.1. The number of nitrogens with zero attached hydrogens (tertiary/aromatic N) is 5. The SMILES string of the molecule is Cc1cn2c(CN(C)C(=O)c3cnns3)c(C)nc2s1. The van der Waals surface area contributed by atoms with Crippen molar-refractivity contribution in [2.24, 2.45) is 0 Å². The molecule has 0 atom stereocenters. The molecule has 0 aliphatic heterocycles. The Kier molecular flexibility index (Phi) is 3.27. The fraction of sp³-hybridized carbons (Fsp3) is 0.333. The Bertz CT molecular complexity index is 758. The van der Waals surface area contributed by atoms with E-state index in [1.54, 1.807) is 23.3 Å². The molecule has 104 valence electrons. The van der Waals surface area contributed by atoms with Gasteiger partial charge in [-0.05, 0) is 25.4 Å². The first-order chi connectivity index (χ1) is 9.56. The van der Waals surface area contributed by atoms with Crippen LogP contribution in [0.15, 0.2) is 12.4 Å². The van der Waals surface area contributed by atoms with E-state index < -0.39 is 0 Å². The third-order valence-electron chi connectivity index (χ3n) is 3.05. The summed E-state index contributed by atoms with van der Waals surface area (Å²) in [6, 6.07) is 0. The molecule has 0 bridgehead atoms. The van der Waals surface area contributed by atoms with Crippen molar-refractivity contribution in [2.75, 3.05) is 7.05 Å². The van der Waals surface area contributed by atoms with Gasteiger partial charge in [-0.25, -0.2) is 4.98 Å². The van der Waals surface area contributed by atoms with Gasteiger partial charge in [0.15, 0.2) is 4.96 Å². The Balaban J connectivity index is 1.89. The molecule has 0 spiro atoms. The van der Waals surface area contributed by atoms with Crippen LogP contribution in [0.2, 0.25) is 0 Å². The topological polar surface area (TPSA) is 63.4 Å². The van der Waals surface area contributed by atoms with E-state index in [9.17, 15) is 4.79 Å². The summed E-state index contributed by atoms with van der Waals surface area (Å²) < 4.78 is 5.78. The second-order valence-corrected chi connectivity index (χ2v) is 6.58. The number of carbonyl (C=O) groups excluding carboxylic acids is 1. The minimum atomic E-state index is -0.0682. The van der Waals surface area contributed by atoms with Crippen LogP contribution < -0.4 is 0 Å². The number of hydrogen-bond donors (Lipinski definition) is 0. The molecule has 0 saturated heterocycles. The van der Waals surface area contributed by atoms with Crippen LogP contribution in [0.4, 0.5) is 0 Å². The Morgan fingerprint density at radius 1 is 1.45 bits per heavy atom. The molecule has 3 heterocycles. The van der Waals surface area contributed by atoms with E-state index in [1.807, 2.05) is 6.92 Å². The van der Waals surface area contributed by atoms with E-state index in [0.717, 1.165) is 27.9 Å². The number of imidazole rings is 1. The molecule has 0 saturated carbocycles. The minimum absolute atomic E-state index is 0.0682. The van der Waals surface area contributed by atoms with Crippen LogP contribution in [0.1, 0.15) is 25.9 Å².